The average molecular weight is 437 g/mol. The SMILES string of the molecule is CN(CC1CCN(CCc2ccc(Cl)cc2)CC1)C(=O)c1ccccc1-n1cccn1. The van der Waals surface area contributed by atoms with E-state index >= 15 is 0 Å². The van der Waals surface area contributed by atoms with Crippen LogP contribution in [0.5, 0.6) is 0 Å². The number of likely N-dealkylation sites (tertiary alicyclic amines) is 1. The summed E-state index contributed by atoms with van der Waals surface area (Å²) in [5, 5.41) is 5.08. The molecule has 3 aromatic rings. The van der Waals surface area contributed by atoms with Gasteiger partial charge in [-0.05, 0) is 74.2 Å². The number of halogens is 1. The summed E-state index contributed by atoms with van der Waals surface area (Å²) in [6.45, 7) is 4.03. The van der Waals surface area contributed by atoms with Crippen LogP contribution in [0.3, 0.4) is 0 Å². The first kappa shape index (κ1) is 21.6. The van der Waals surface area contributed by atoms with E-state index in [0.717, 1.165) is 56.2 Å². The molecule has 31 heavy (non-hydrogen) atoms. The third-order valence-electron chi connectivity index (χ3n) is 6.10. The summed E-state index contributed by atoms with van der Waals surface area (Å²) >= 11 is 5.97. The number of hydrogen-bond acceptors (Lipinski definition) is 3. The zero-order valence-electron chi connectivity index (χ0n) is 18.0. The molecule has 0 saturated carbocycles. The predicted octanol–water partition coefficient (Wildman–Crippen LogP) is 4.55. The number of rotatable bonds is 7. The van der Waals surface area contributed by atoms with Crippen molar-refractivity contribution in [1.29, 1.82) is 0 Å². The van der Waals surface area contributed by atoms with Gasteiger partial charge in [0.1, 0.15) is 0 Å². The molecule has 0 unspecified atom stereocenters. The van der Waals surface area contributed by atoms with Crippen LogP contribution >= 0.6 is 11.6 Å². The molecule has 2 aromatic carbocycles. The van der Waals surface area contributed by atoms with E-state index in [4.69, 9.17) is 11.6 Å². The number of para-hydroxylation sites is 1. The summed E-state index contributed by atoms with van der Waals surface area (Å²) < 4.78 is 1.75. The van der Waals surface area contributed by atoms with Gasteiger partial charge in [0.25, 0.3) is 5.91 Å². The Morgan fingerprint density at radius 1 is 1.10 bits per heavy atom. The number of amides is 1. The summed E-state index contributed by atoms with van der Waals surface area (Å²) in [6, 6.07) is 17.7. The molecule has 2 heterocycles. The van der Waals surface area contributed by atoms with Gasteiger partial charge in [-0.2, -0.15) is 5.10 Å². The molecule has 4 rings (SSSR count). The van der Waals surface area contributed by atoms with E-state index in [1.54, 1.807) is 10.9 Å². The molecule has 0 bridgehead atoms. The van der Waals surface area contributed by atoms with Crippen molar-refractivity contribution < 1.29 is 4.79 Å². The Morgan fingerprint density at radius 2 is 1.84 bits per heavy atom. The van der Waals surface area contributed by atoms with Crippen molar-refractivity contribution in [2.75, 3.05) is 33.2 Å². The Kier molecular flexibility index (Phi) is 7.05. The van der Waals surface area contributed by atoms with Gasteiger partial charge in [-0.1, -0.05) is 35.9 Å². The Labute approximate surface area is 189 Å². The van der Waals surface area contributed by atoms with Crippen molar-refractivity contribution in [3.63, 3.8) is 0 Å². The number of piperidine rings is 1. The van der Waals surface area contributed by atoms with Gasteiger partial charge in [-0.15, -0.1) is 0 Å². The quantitative estimate of drug-likeness (QED) is 0.545. The van der Waals surface area contributed by atoms with Crippen molar-refractivity contribution in [3.8, 4) is 5.69 Å². The fraction of sp³-hybridized carbons (Fsp3) is 0.360. The third kappa shape index (κ3) is 5.54. The van der Waals surface area contributed by atoms with Gasteiger partial charge >= 0.3 is 0 Å². The summed E-state index contributed by atoms with van der Waals surface area (Å²) in [4.78, 5) is 17.5. The fourth-order valence-corrected chi connectivity index (χ4v) is 4.40. The van der Waals surface area contributed by atoms with Crippen molar-refractivity contribution in [2.24, 2.45) is 5.92 Å². The number of carbonyl (C=O) groups is 1. The van der Waals surface area contributed by atoms with Crippen LogP contribution in [0.4, 0.5) is 0 Å². The van der Waals surface area contributed by atoms with E-state index in [-0.39, 0.29) is 5.91 Å². The topological polar surface area (TPSA) is 41.4 Å². The normalized spacial score (nSPS) is 15.2. The summed E-state index contributed by atoms with van der Waals surface area (Å²) in [5.41, 5.74) is 2.84. The second-order valence-electron chi connectivity index (χ2n) is 8.31. The van der Waals surface area contributed by atoms with Gasteiger partial charge in [-0.25, -0.2) is 4.68 Å². The van der Waals surface area contributed by atoms with Crippen LogP contribution in [0, 0.1) is 5.92 Å². The van der Waals surface area contributed by atoms with Crippen LogP contribution in [0.1, 0.15) is 28.8 Å². The van der Waals surface area contributed by atoms with E-state index in [2.05, 4.69) is 22.1 Å². The largest absolute Gasteiger partial charge is 0.341 e. The number of carbonyl (C=O) groups excluding carboxylic acids is 1. The molecular formula is C25H29ClN4O. The van der Waals surface area contributed by atoms with Crippen LogP contribution in [-0.4, -0.2) is 58.7 Å². The molecule has 5 nitrogen and oxygen atoms in total. The van der Waals surface area contributed by atoms with Gasteiger partial charge in [0.05, 0.1) is 11.3 Å². The first-order valence-corrected chi connectivity index (χ1v) is 11.3. The minimum atomic E-state index is 0.0521. The van der Waals surface area contributed by atoms with Crippen molar-refractivity contribution in [1.82, 2.24) is 19.6 Å². The molecule has 0 N–H and O–H groups in total. The van der Waals surface area contributed by atoms with E-state index in [1.807, 2.05) is 60.6 Å². The van der Waals surface area contributed by atoms with Crippen LogP contribution in [0.15, 0.2) is 67.0 Å². The lowest BCUT2D eigenvalue weighted by Gasteiger charge is -2.34. The highest BCUT2D eigenvalue weighted by molar-refractivity contribution is 6.30. The molecule has 1 saturated heterocycles. The summed E-state index contributed by atoms with van der Waals surface area (Å²) in [7, 11) is 1.91. The lowest BCUT2D eigenvalue weighted by molar-refractivity contribution is 0.0740. The van der Waals surface area contributed by atoms with Gasteiger partial charge in [0, 0.05) is 37.6 Å². The van der Waals surface area contributed by atoms with Gasteiger partial charge in [0.15, 0.2) is 0 Å². The minimum Gasteiger partial charge on any atom is -0.341 e. The van der Waals surface area contributed by atoms with E-state index in [1.165, 1.54) is 5.56 Å². The van der Waals surface area contributed by atoms with Crippen LogP contribution in [-0.2, 0) is 6.42 Å². The minimum absolute atomic E-state index is 0.0521. The standard InChI is InChI=1S/C25H29ClN4O/c1-28(25(31)23-5-2-3-6-24(23)30-15-4-14-27-30)19-21-12-17-29(18-13-21)16-11-20-7-9-22(26)10-8-20/h2-10,14-15,21H,11-13,16-19H2,1H3. The molecule has 162 valence electrons. The van der Waals surface area contributed by atoms with Gasteiger partial charge < -0.3 is 9.80 Å². The molecule has 1 aromatic heterocycles. The summed E-state index contributed by atoms with van der Waals surface area (Å²) in [5.74, 6) is 0.592. The maximum Gasteiger partial charge on any atom is 0.255 e. The van der Waals surface area contributed by atoms with E-state index < -0.39 is 0 Å². The lowest BCUT2D eigenvalue weighted by Crippen LogP contribution is -2.40. The molecular weight excluding hydrogens is 408 g/mol. The Morgan fingerprint density at radius 3 is 2.55 bits per heavy atom. The van der Waals surface area contributed by atoms with E-state index in [9.17, 15) is 4.79 Å². The second kappa shape index (κ2) is 10.1. The Hall–Kier alpha value is -2.63. The highest BCUT2D eigenvalue weighted by atomic mass is 35.5. The zero-order chi connectivity index (χ0) is 21.6. The summed E-state index contributed by atoms with van der Waals surface area (Å²) in [6.07, 6.45) is 6.89. The number of aromatic nitrogens is 2. The maximum atomic E-state index is 13.1. The lowest BCUT2D eigenvalue weighted by atomic mass is 9.95. The Balaban J connectivity index is 1.28. The van der Waals surface area contributed by atoms with Gasteiger partial charge in [0.2, 0.25) is 0 Å². The van der Waals surface area contributed by atoms with Crippen LogP contribution in [0.25, 0.3) is 5.69 Å². The molecule has 1 aliphatic heterocycles. The molecule has 1 aliphatic rings. The molecule has 0 atom stereocenters. The first-order valence-electron chi connectivity index (χ1n) is 10.9. The van der Waals surface area contributed by atoms with Gasteiger partial charge in [-0.3, -0.25) is 4.79 Å². The van der Waals surface area contributed by atoms with E-state index in [0.29, 0.717) is 11.5 Å². The molecule has 1 fully saturated rings. The molecule has 6 heteroatoms. The highest BCUT2D eigenvalue weighted by Gasteiger charge is 2.23. The molecule has 0 aliphatic carbocycles. The average Bonchev–Trinajstić information content (AvgIpc) is 3.34. The highest BCUT2D eigenvalue weighted by Crippen LogP contribution is 2.21. The van der Waals surface area contributed by atoms with Crippen molar-refractivity contribution >= 4 is 17.5 Å². The second-order valence-corrected chi connectivity index (χ2v) is 8.75. The smallest absolute Gasteiger partial charge is 0.255 e. The van der Waals surface area contributed by atoms with Crippen molar-refractivity contribution in [2.45, 2.75) is 19.3 Å². The van der Waals surface area contributed by atoms with Crippen LogP contribution in [0.2, 0.25) is 5.02 Å². The molecule has 0 radical (unpaired) electrons. The maximum absolute atomic E-state index is 13.1. The molecule has 1 amide bonds. The first-order chi connectivity index (χ1) is 15.1. The monoisotopic (exact) mass is 436 g/mol. The van der Waals surface area contributed by atoms with Crippen LogP contribution < -0.4 is 0 Å². The molecule has 0 spiro atoms. The number of hydrogen-bond donors (Lipinski definition) is 0. The number of nitrogens with zero attached hydrogens (tertiary/aromatic N) is 4. The number of benzene rings is 2. The van der Waals surface area contributed by atoms with Crippen molar-refractivity contribution in [3.05, 3.63) is 83.1 Å². The fourth-order valence-electron chi connectivity index (χ4n) is 4.27. The Bertz CT molecular complexity index is 979. The zero-order valence-corrected chi connectivity index (χ0v) is 18.7. The predicted molar refractivity (Wildman–Crippen MR) is 125 cm³/mol. The third-order valence-corrected chi connectivity index (χ3v) is 6.35.